The number of likely N-dealkylation sites (N-methyl/N-ethyl adjacent to an activating group) is 1. The normalized spacial score (nSPS) is 15.5. The zero-order valence-electron chi connectivity index (χ0n) is 20.0. The predicted octanol–water partition coefficient (Wildman–Crippen LogP) is 4.72. The van der Waals surface area contributed by atoms with Crippen molar-refractivity contribution in [3.05, 3.63) is 70.8 Å². The second-order valence-electron chi connectivity index (χ2n) is 8.04. The molecule has 0 aromatic heterocycles. The molecular formula is C27H30N2O5. The lowest BCUT2D eigenvalue weighted by Crippen LogP contribution is -2.26. The van der Waals surface area contributed by atoms with Crippen molar-refractivity contribution in [3.8, 4) is 0 Å². The first kappa shape index (κ1) is 24.8. The Hall–Kier alpha value is -3.87. The molecule has 178 valence electrons. The van der Waals surface area contributed by atoms with Gasteiger partial charge in [-0.1, -0.05) is 24.3 Å². The average Bonchev–Trinajstić information content (AvgIpc) is 3.17. The molecule has 0 unspecified atom stereocenters. The number of amides is 1. The van der Waals surface area contributed by atoms with E-state index in [1.54, 1.807) is 14.0 Å². The van der Waals surface area contributed by atoms with Gasteiger partial charge in [0.2, 0.25) is 0 Å². The molecule has 0 radical (unpaired) electrons. The molecule has 0 saturated heterocycles. The van der Waals surface area contributed by atoms with E-state index in [0.717, 1.165) is 28.0 Å². The standard InChI is InChI=1S/C27H30N2O5/c1-5-34-25(30)18-28(2)23-12-6-19(7-13-23)16-21-10-11-22(26(21)31)17-20-8-14-24(15-9-20)29(3)27(32)33-4/h6-9,12-17H,5,10-11,18H2,1-4H3/b21-16+,22-17+. The molecule has 2 aromatic carbocycles. The summed E-state index contributed by atoms with van der Waals surface area (Å²) in [5.41, 5.74) is 5.00. The largest absolute Gasteiger partial charge is 0.465 e. The van der Waals surface area contributed by atoms with E-state index in [9.17, 15) is 14.4 Å². The van der Waals surface area contributed by atoms with Crippen molar-refractivity contribution >= 4 is 41.4 Å². The van der Waals surface area contributed by atoms with Gasteiger partial charge >= 0.3 is 12.1 Å². The topological polar surface area (TPSA) is 76.2 Å². The van der Waals surface area contributed by atoms with Gasteiger partial charge in [0, 0.05) is 36.6 Å². The quantitative estimate of drug-likeness (QED) is 0.438. The zero-order chi connectivity index (χ0) is 24.7. The molecule has 1 amide bonds. The molecule has 0 spiro atoms. The molecule has 1 fully saturated rings. The molecule has 7 heteroatoms. The van der Waals surface area contributed by atoms with Gasteiger partial charge in [-0.05, 0) is 67.3 Å². The number of ketones is 1. The lowest BCUT2D eigenvalue weighted by atomic mass is 10.1. The number of hydrogen-bond acceptors (Lipinski definition) is 6. The van der Waals surface area contributed by atoms with Gasteiger partial charge in [-0.15, -0.1) is 0 Å². The molecule has 7 nitrogen and oxygen atoms in total. The van der Waals surface area contributed by atoms with E-state index in [2.05, 4.69) is 0 Å². The fourth-order valence-corrected chi connectivity index (χ4v) is 3.73. The first-order valence-corrected chi connectivity index (χ1v) is 11.2. The summed E-state index contributed by atoms with van der Waals surface area (Å²) in [7, 11) is 4.82. The van der Waals surface area contributed by atoms with Gasteiger partial charge in [0.1, 0.15) is 6.54 Å². The van der Waals surface area contributed by atoms with Gasteiger partial charge < -0.3 is 14.4 Å². The SMILES string of the molecule is CCOC(=O)CN(C)c1ccc(/C=C2\CC/C(=C\c3ccc(N(C)C(=O)OC)cc3)C2=O)cc1. The third-order valence-electron chi connectivity index (χ3n) is 5.66. The van der Waals surface area contributed by atoms with Gasteiger partial charge in [-0.3, -0.25) is 14.5 Å². The molecule has 1 aliphatic carbocycles. The highest BCUT2D eigenvalue weighted by molar-refractivity contribution is 6.15. The maximum Gasteiger partial charge on any atom is 0.413 e. The molecule has 1 aliphatic rings. The molecule has 0 N–H and O–H groups in total. The second-order valence-corrected chi connectivity index (χ2v) is 8.04. The van der Waals surface area contributed by atoms with Crippen molar-refractivity contribution in [1.82, 2.24) is 0 Å². The Morgan fingerprint density at radius 3 is 1.85 bits per heavy atom. The number of methoxy groups -OCH3 is 1. The first-order chi connectivity index (χ1) is 16.3. The third kappa shape index (κ3) is 6.13. The Morgan fingerprint density at radius 2 is 1.38 bits per heavy atom. The minimum atomic E-state index is -0.439. The highest BCUT2D eigenvalue weighted by Crippen LogP contribution is 2.30. The van der Waals surface area contributed by atoms with E-state index in [4.69, 9.17) is 9.47 Å². The fraction of sp³-hybridized carbons (Fsp3) is 0.296. The Balaban J connectivity index is 1.66. The number of carbonyl (C=O) groups excluding carboxylic acids is 3. The van der Waals surface area contributed by atoms with Gasteiger partial charge in [0.15, 0.2) is 5.78 Å². The second kappa shape index (κ2) is 11.3. The van der Waals surface area contributed by atoms with Crippen molar-refractivity contribution < 1.29 is 23.9 Å². The van der Waals surface area contributed by atoms with Crippen LogP contribution in [0.4, 0.5) is 16.2 Å². The Morgan fingerprint density at radius 1 is 0.882 bits per heavy atom. The van der Waals surface area contributed by atoms with Crippen LogP contribution < -0.4 is 9.80 Å². The van der Waals surface area contributed by atoms with Gasteiger partial charge in [0.05, 0.1) is 13.7 Å². The van der Waals surface area contributed by atoms with Crippen molar-refractivity contribution in [2.75, 3.05) is 44.2 Å². The molecule has 0 atom stereocenters. The summed E-state index contributed by atoms with van der Waals surface area (Å²) in [4.78, 5) is 39.5. The van der Waals surface area contributed by atoms with Crippen molar-refractivity contribution in [2.45, 2.75) is 19.8 Å². The number of rotatable bonds is 7. The predicted molar refractivity (Wildman–Crippen MR) is 134 cm³/mol. The van der Waals surface area contributed by atoms with Gasteiger partial charge in [0.25, 0.3) is 0 Å². The lowest BCUT2D eigenvalue weighted by Gasteiger charge is -2.18. The van der Waals surface area contributed by atoms with Crippen LogP contribution in [0.5, 0.6) is 0 Å². The summed E-state index contributed by atoms with van der Waals surface area (Å²) in [6, 6.07) is 15.1. The number of benzene rings is 2. The molecular weight excluding hydrogens is 432 g/mol. The Kier molecular flexibility index (Phi) is 8.24. The summed E-state index contributed by atoms with van der Waals surface area (Å²) in [6.45, 7) is 2.33. The van der Waals surface area contributed by atoms with Crippen molar-refractivity contribution in [3.63, 3.8) is 0 Å². The van der Waals surface area contributed by atoms with E-state index in [0.29, 0.717) is 25.1 Å². The van der Waals surface area contributed by atoms with E-state index in [-0.39, 0.29) is 18.3 Å². The molecule has 0 bridgehead atoms. The smallest absolute Gasteiger partial charge is 0.413 e. The van der Waals surface area contributed by atoms with Crippen molar-refractivity contribution in [2.24, 2.45) is 0 Å². The van der Waals surface area contributed by atoms with E-state index in [1.165, 1.54) is 12.0 Å². The zero-order valence-corrected chi connectivity index (χ0v) is 20.0. The molecule has 3 rings (SSSR count). The summed E-state index contributed by atoms with van der Waals surface area (Å²) < 4.78 is 9.71. The highest BCUT2D eigenvalue weighted by atomic mass is 16.5. The molecule has 1 saturated carbocycles. The number of esters is 1. The van der Waals surface area contributed by atoms with Crippen LogP contribution >= 0.6 is 0 Å². The lowest BCUT2D eigenvalue weighted by molar-refractivity contribution is -0.141. The minimum absolute atomic E-state index is 0.0549. The number of anilines is 2. The average molecular weight is 463 g/mol. The number of nitrogens with zero attached hydrogens (tertiary/aromatic N) is 2. The summed E-state index contributed by atoms with van der Waals surface area (Å²) in [5.74, 6) is -0.212. The first-order valence-electron chi connectivity index (χ1n) is 11.2. The fourth-order valence-electron chi connectivity index (χ4n) is 3.73. The molecule has 2 aromatic rings. The van der Waals surface area contributed by atoms with Gasteiger partial charge in [-0.25, -0.2) is 4.79 Å². The van der Waals surface area contributed by atoms with Crippen LogP contribution in [-0.2, 0) is 19.1 Å². The number of allylic oxidation sites excluding steroid dienone is 2. The van der Waals surface area contributed by atoms with E-state index >= 15 is 0 Å². The highest BCUT2D eigenvalue weighted by Gasteiger charge is 2.23. The van der Waals surface area contributed by atoms with Gasteiger partial charge in [-0.2, -0.15) is 0 Å². The van der Waals surface area contributed by atoms with Crippen LogP contribution in [0.1, 0.15) is 30.9 Å². The summed E-state index contributed by atoms with van der Waals surface area (Å²) in [5, 5.41) is 0. The maximum atomic E-state index is 12.9. The number of carbonyl (C=O) groups is 3. The van der Waals surface area contributed by atoms with E-state index < -0.39 is 6.09 Å². The molecule has 0 aliphatic heterocycles. The van der Waals surface area contributed by atoms with Crippen LogP contribution in [0.2, 0.25) is 0 Å². The number of Topliss-reactive ketones (excluding diaryl/α,β-unsaturated/α-hetero) is 1. The Labute approximate surface area is 200 Å². The third-order valence-corrected chi connectivity index (χ3v) is 5.66. The van der Waals surface area contributed by atoms with Crippen molar-refractivity contribution in [1.29, 1.82) is 0 Å². The van der Waals surface area contributed by atoms with Crippen LogP contribution in [0.15, 0.2) is 59.7 Å². The van der Waals surface area contributed by atoms with Crippen LogP contribution in [0.25, 0.3) is 12.2 Å². The minimum Gasteiger partial charge on any atom is -0.465 e. The molecule has 0 heterocycles. The number of hydrogen-bond donors (Lipinski definition) is 0. The number of ether oxygens (including phenoxy) is 2. The van der Waals surface area contributed by atoms with E-state index in [1.807, 2.05) is 72.6 Å². The van der Waals surface area contributed by atoms with Crippen LogP contribution in [0, 0.1) is 0 Å². The van der Waals surface area contributed by atoms with Crippen LogP contribution in [-0.4, -0.2) is 52.2 Å². The maximum absolute atomic E-state index is 12.9. The summed E-state index contributed by atoms with van der Waals surface area (Å²) >= 11 is 0. The Bertz CT molecular complexity index is 1100. The van der Waals surface area contributed by atoms with Crippen LogP contribution in [0.3, 0.4) is 0 Å². The summed E-state index contributed by atoms with van der Waals surface area (Å²) in [6.07, 6.45) is 4.77. The molecule has 34 heavy (non-hydrogen) atoms. The monoisotopic (exact) mass is 462 g/mol.